The highest BCUT2D eigenvalue weighted by molar-refractivity contribution is 6.24. The minimum absolute atomic E-state index is 0.105. The van der Waals surface area contributed by atoms with E-state index < -0.39 is 52.7 Å². The van der Waals surface area contributed by atoms with Crippen LogP contribution in [0.15, 0.2) is 23.8 Å². The first-order chi connectivity index (χ1) is 12.7. The Morgan fingerprint density at radius 2 is 1.89 bits per heavy atom. The molecule has 0 bridgehead atoms. The molecule has 2 fully saturated rings. The molecule has 2 saturated carbocycles. The smallest absolute Gasteiger partial charge is 0.230 e. The fourth-order valence-electron chi connectivity index (χ4n) is 4.86. The van der Waals surface area contributed by atoms with Crippen LogP contribution < -0.4 is 5.73 Å². The Balaban J connectivity index is 1.86. The highest BCUT2D eigenvalue weighted by atomic mass is 16.3. The molecular weight excluding hydrogens is 354 g/mol. The Morgan fingerprint density at radius 3 is 2.56 bits per heavy atom. The average Bonchev–Trinajstić information content (AvgIpc) is 2.57. The summed E-state index contributed by atoms with van der Waals surface area (Å²) in [5.41, 5.74) is 3.28. The van der Waals surface area contributed by atoms with Crippen LogP contribution in [0.4, 0.5) is 0 Å². The Morgan fingerprint density at radius 1 is 1.19 bits per heavy atom. The molecule has 0 heterocycles. The largest absolute Gasteiger partial charge is 0.507 e. The summed E-state index contributed by atoms with van der Waals surface area (Å²) in [7, 11) is 0. The Kier molecular flexibility index (Phi) is 3.70. The highest BCUT2D eigenvalue weighted by Crippen LogP contribution is 2.51. The van der Waals surface area contributed by atoms with E-state index in [1.54, 1.807) is 12.1 Å². The first-order valence-electron chi connectivity index (χ1n) is 8.71. The van der Waals surface area contributed by atoms with E-state index in [9.17, 15) is 34.8 Å². The number of hydrogen-bond acceptors (Lipinski definition) is 7. The zero-order valence-electron chi connectivity index (χ0n) is 14.3. The van der Waals surface area contributed by atoms with Crippen LogP contribution in [-0.2, 0) is 20.8 Å². The number of aliphatic hydroxyl groups is 3. The van der Waals surface area contributed by atoms with Crippen LogP contribution in [0.2, 0.25) is 0 Å². The summed E-state index contributed by atoms with van der Waals surface area (Å²) in [6.07, 6.45) is -0.984. The lowest BCUT2D eigenvalue weighted by molar-refractivity contribution is -0.174. The minimum Gasteiger partial charge on any atom is -0.507 e. The van der Waals surface area contributed by atoms with E-state index in [1.165, 1.54) is 6.07 Å². The van der Waals surface area contributed by atoms with Crippen molar-refractivity contribution in [3.63, 3.8) is 0 Å². The lowest BCUT2D eigenvalue weighted by Crippen LogP contribution is -2.66. The highest BCUT2D eigenvalue weighted by Gasteiger charge is 2.63. The number of Topliss-reactive ketones (excluding diaryl/α,β-unsaturated/α-hetero) is 2. The summed E-state index contributed by atoms with van der Waals surface area (Å²) in [6, 6.07) is 4.71. The summed E-state index contributed by atoms with van der Waals surface area (Å²) in [4.78, 5) is 37.5. The summed E-state index contributed by atoms with van der Waals surface area (Å²) >= 11 is 0. The number of ketones is 2. The zero-order chi connectivity index (χ0) is 19.7. The molecule has 3 aliphatic rings. The van der Waals surface area contributed by atoms with E-state index >= 15 is 0 Å². The number of aliphatic hydroxyl groups excluding tert-OH is 2. The number of aromatic hydroxyl groups is 1. The number of amides is 1. The third kappa shape index (κ3) is 2.20. The third-order valence-electron chi connectivity index (χ3n) is 6.12. The van der Waals surface area contributed by atoms with Crippen molar-refractivity contribution < 1.29 is 34.8 Å². The number of carbonyl (C=O) groups excluding carboxylic acids is 3. The number of carbonyl (C=O) groups is 3. The molecule has 0 aliphatic heterocycles. The topological polar surface area (TPSA) is 158 Å². The second-order valence-corrected chi connectivity index (χ2v) is 7.55. The molecule has 5 atom stereocenters. The monoisotopic (exact) mass is 373 g/mol. The quantitative estimate of drug-likeness (QED) is 0.419. The van der Waals surface area contributed by atoms with Gasteiger partial charge in [0.2, 0.25) is 11.7 Å². The van der Waals surface area contributed by atoms with Gasteiger partial charge in [0, 0.05) is 11.5 Å². The van der Waals surface area contributed by atoms with E-state index in [4.69, 9.17) is 5.73 Å². The second kappa shape index (κ2) is 5.64. The van der Waals surface area contributed by atoms with Gasteiger partial charge in [-0.15, -0.1) is 0 Å². The van der Waals surface area contributed by atoms with Gasteiger partial charge in [0.25, 0.3) is 0 Å². The maximum absolute atomic E-state index is 13.1. The molecule has 3 aliphatic carbocycles. The fraction of sp³-hybridized carbons (Fsp3) is 0.421. The minimum atomic E-state index is -2.53. The first-order valence-corrected chi connectivity index (χ1v) is 8.71. The lowest BCUT2D eigenvalue weighted by Gasteiger charge is -2.48. The molecule has 1 amide bonds. The fourth-order valence-corrected chi connectivity index (χ4v) is 4.86. The van der Waals surface area contributed by atoms with Crippen molar-refractivity contribution in [1.29, 1.82) is 0 Å². The molecule has 0 aromatic heterocycles. The van der Waals surface area contributed by atoms with Crippen molar-refractivity contribution >= 4 is 23.2 Å². The van der Waals surface area contributed by atoms with Gasteiger partial charge in [0.15, 0.2) is 11.4 Å². The van der Waals surface area contributed by atoms with Crippen molar-refractivity contribution in [3.05, 3.63) is 34.9 Å². The zero-order valence-corrected chi connectivity index (χ0v) is 14.3. The van der Waals surface area contributed by atoms with Gasteiger partial charge >= 0.3 is 0 Å². The summed E-state index contributed by atoms with van der Waals surface area (Å²) in [5, 5.41) is 41.9. The van der Waals surface area contributed by atoms with Crippen molar-refractivity contribution in [2.45, 2.75) is 31.0 Å². The number of primary amides is 1. The summed E-state index contributed by atoms with van der Waals surface area (Å²) in [6.45, 7) is 0. The third-order valence-corrected chi connectivity index (χ3v) is 6.12. The molecular formula is C19H19NO7. The molecule has 5 unspecified atom stereocenters. The molecule has 27 heavy (non-hydrogen) atoms. The van der Waals surface area contributed by atoms with E-state index in [0.29, 0.717) is 12.0 Å². The van der Waals surface area contributed by atoms with Crippen LogP contribution in [0.25, 0.3) is 5.76 Å². The van der Waals surface area contributed by atoms with Gasteiger partial charge in [-0.2, -0.15) is 0 Å². The number of benzene rings is 1. The van der Waals surface area contributed by atoms with Gasteiger partial charge in [-0.1, -0.05) is 12.1 Å². The number of phenolic OH excluding ortho intramolecular Hbond substituents is 1. The van der Waals surface area contributed by atoms with Gasteiger partial charge in [-0.25, -0.2) is 0 Å². The van der Waals surface area contributed by atoms with Crippen molar-refractivity contribution in [2.24, 2.45) is 23.5 Å². The molecule has 0 spiro atoms. The molecule has 142 valence electrons. The molecule has 0 radical (unpaired) electrons. The second-order valence-electron chi connectivity index (χ2n) is 7.55. The number of hydrogen-bond donors (Lipinski definition) is 5. The SMILES string of the molecule is NC(=O)C1C(=O)C2(O)C(=O)C3=C(O)c4c(O)cccc4CC3CC2CC1O. The normalized spacial score (nSPS) is 35.3. The van der Waals surface area contributed by atoms with Crippen molar-refractivity contribution in [2.75, 3.05) is 0 Å². The van der Waals surface area contributed by atoms with Crippen LogP contribution >= 0.6 is 0 Å². The van der Waals surface area contributed by atoms with Gasteiger partial charge in [-0.3, -0.25) is 14.4 Å². The average molecular weight is 373 g/mol. The van der Waals surface area contributed by atoms with Crippen LogP contribution in [0.3, 0.4) is 0 Å². The maximum Gasteiger partial charge on any atom is 0.230 e. The number of phenols is 1. The van der Waals surface area contributed by atoms with E-state index in [1.807, 2.05) is 0 Å². The first kappa shape index (κ1) is 17.7. The molecule has 1 aromatic rings. The van der Waals surface area contributed by atoms with Crippen LogP contribution in [0, 0.1) is 17.8 Å². The van der Waals surface area contributed by atoms with Gasteiger partial charge in [0.05, 0.1) is 11.7 Å². The molecule has 8 nitrogen and oxygen atoms in total. The number of nitrogens with two attached hydrogens (primary N) is 1. The van der Waals surface area contributed by atoms with Crippen LogP contribution in [0.1, 0.15) is 24.0 Å². The van der Waals surface area contributed by atoms with Crippen LogP contribution in [-0.4, -0.2) is 49.6 Å². The predicted molar refractivity (Wildman–Crippen MR) is 91.2 cm³/mol. The van der Waals surface area contributed by atoms with E-state index in [-0.39, 0.29) is 29.7 Å². The van der Waals surface area contributed by atoms with Crippen LogP contribution in [0.5, 0.6) is 5.75 Å². The predicted octanol–water partition coefficient (Wildman–Crippen LogP) is -0.411. The molecule has 1 aromatic carbocycles. The molecule has 6 N–H and O–H groups in total. The number of fused-ring (bicyclic) bond motifs is 3. The van der Waals surface area contributed by atoms with E-state index in [0.717, 1.165) is 0 Å². The lowest BCUT2D eigenvalue weighted by atomic mass is 9.56. The van der Waals surface area contributed by atoms with E-state index in [2.05, 4.69) is 0 Å². The standard InChI is InChI=1S/C19H19NO7/c20-18(26)14-11(22)6-9-5-8-4-7-2-1-3-10(21)12(7)15(23)13(8)16(24)19(9,27)17(14)25/h1-3,8-9,11,14,21-23,27H,4-6H2,(H2,20,26). The van der Waals surface area contributed by atoms with Gasteiger partial charge in [0.1, 0.15) is 17.4 Å². The van der Waals surface area contributed by atoms with Crippen molar-refractivity contribution in [3.8, 4) is 5.75 Å². The van der Waals surface area contributed by atoms with Gasteiger partial charge in [-0.05, 0) is 36.8 Å². The van der Waals surface area contributed by atoms with Crippen molar-refractivity contribution in [1.82, 2.24) is 0 Å². The summed E-state index contributed by atoms with van der Waals surface area (Å²) in [5.74, 6) is -6.95. The molecule has 8 heteroatoms. The molecule has 0 saturated heterocycles. The number of rotatable bonds is 1. The Hall–Kier alpha value is -2.71. The Bertz CT molecular complexity index is 921. The molecule has 4 rings (SSSR count). The summed E-state index contributed by atoms with van der Waals surface area (Å²) < 4.78 is 0. The van der Waals surface area contributed by atoms with Gasteiger partial charge < -0.3 is 26.2 Å². The Labute approximate surface area is 153 Å². The maximum atomic E-state index is 13.1.